The highest BCUT2D eigenvalue weighted by Gasteiger charge is 2.24. The van der Waals surface area contributed by atoms with E-state index in [1.54, 1.807) is 0 Å². The molecule has 0 aliphatic heterocycles. The van der Waals surface area contributed by atoms with Crippen molar-refractivity contribution < 1.29 is 14.3 Å². The van der Waals surface area contributed by atoms with E-state index >= 15 is 0 Å². The number of hydrogen-bond donors (Lipinski definition) is 0. The van der Waals surface area contributed by atoms with E-state index in [0.29, 0.717) is 11.7 Å². The minimum atomic E-state index is -0.328. The van der Waals surface area contributed by atoms with Crippen molar-refractivity contribution in [1.82, 2.24) is 0 Å². The molecule has 1 unspecified atom stereocenters. The van der Waals surface area contributed by atoms with Crippen LogP contribution >= 0.6 is 0 Å². The lowest BCUT2D eigenvalue weighted by molar-refractivity contribution is -0.151. The molecule has 18 heavy (non-hydrogen) atoms. The van der Waals surface area contributed by atoms with Gasteiger partial charge in [-0.05, 0) is 45.6 Å². The summed E-state index contributed by atoms with van der Waals surface area (Å²) in [7, 11) is 0. The third kappa shape index (κ3) is 5.30. The van der Waals surface area contributed by atoms with Gasteiger partial charge in [-0.25, -0.2) is 0 Å². The summed E-state index contributed by atoms with van der Waals surface area (Å²) in [5.41, 5.74) is 1.03. The fourth-order valence-electron chi connectivity index (χ4n) is 2.13. The number of rotatable bonds is 0. The number of hydrogen-bond acceptors (Lipinski definition) is 3. The molecule has 0 N–H and O–H groups in total. The third-order valence-electron chi connectivity index (χ3n) is 2.71. The molecule has 1 atom stereocenters. The number of allylic oxidation sites excluding steroid dienone is 4. The Labute approximate surface area is 109 Å². The van der Waals surface area contributed by atoms with E-state index in [0.717, 1.165) is 19.3 Å². The van der Waals surface area contributed by atoms with Gasteiger partial charge < -0.3 is 4.74 Å². The van der Waals surface area contributed by atoms with E-state index in [-0.39, 0.29) is 11.6 Å². The lowest BCUT2D eigenvalue weighted by atomic mass is 9.91. The summed E-state index contributed by atoms with van der Waals surface area (Å²) < 4.78 is 4.80. The number of carbonyl (C=O) groups excluding carboxylic acids is 2. The van der Waals surface area contributed by atoms with Gasteiger partial charge in [0.1, 0.15) is 5.60 Å². The summed E-state index contributed by atoms with van der Waals surface area (Å²) in [6.07, 6.45) is 9.02. The molecule has 100 valence electrons. The number of carbonyl (C=O) groups is 2. The van der Waals surface area contributed by atoms with Crippen LogP contribution in [0.15, 0.2) is 23.8 Å². The fraction of sp³-hybridized carbons (Fsp3) is 0.600. The van der Waals surface area contributed by atoms with Crippen LogP contribution in [0, 0.1) is 5.92 Å². The summed E-state index contributed by atoms with van der Waals surface area (Å²) in [5, 5.41) is 0. The maximum atomic E-state index is 10.9. The van der Waals surface area contributed by atoms with Crippen molar-refractivity contribution in [1.29, 1.82) is 0 Å². The summed E-state index contributed by atoms with van der Waals surface area (Å²) in [5.74, 6) is 0.665. The van der Waals surface area contributed by atoms with Gasteiger partial charge in [0.2, 0.25) is 0 Å². The molecule has 0 aromatic rings. The fourth-order valence-corrected chi connectivity index (χ4v) is 2.13. The largest absolute Gasteiger partial charge is 0.460 e. The molecule has 0 aromatic carbocycles. The Hall–Kier alpha value is -1.38. The molecule has 3 heteroatoms. The highest BCUT2D eigenvalue weighted by molar-refractivity contribution is 5.93. The van der Waals surface area contributed by atoms with Gasteiger partial charge in [0.25, 0.3) is 0 Å². The van der Waals surface area contributed by atoms with Gasteiger partial charge in [-0.1, -0.05) is 17.7 Å². The maximum absolute atomic E-state index is 10.9. The monoisotopic (exact) mass is 250 g/mol. The van der Waals surface area contributed by atoms with Crippen molar-refractivity contribution in [3.63, 3.8) is 0 Å². The standard InChI is InChI=1S/C9H10O.C6H12O2/c10-9-5-7-3-1-2-4-8(7)6-9;1-5(7)8-6(2,3)4/h1-2,5,8H,3-4,6H2;1-4H3. The zero-order chi connectivity index (χ0) is 13.8. The van der Waals surface area contributed by atoms with Crippen molar-refractivity contribution in [2.45, 2.75) is 52.6 Å². The normalized spacial score (nSPS) is 21.7. The number of fused-ring (bicyclic) bond motifs is 1. The van der Waals surface area contributed by atoms with Crippen molar-refractivity contribution in [2.24, 2.45) is 5.92 Å². The third-order valence-corrected chi connectivity index (χ3v) is 2.71. The van der Waals surface area contributed by atoms with Crippen LogP contribution in [-0.2, 0) is 14.3 Å². The van der Waals surface area contributed by atoms with E-state index in [1.807, 2.05) is 26.8 Å². The highest BCUT2D eigenvalue weighted by atomic mass is 16.6. The van der Waals surface area contributed by atoms with Crippen LogP contribution in [0.25, 0.3) is 0 Å². The van der Waals surface area contributed by atoms with E-state index < -0.39 is 0 Å². The van der Waals surface area contributed by atoms with Gasteiger partial charge in [-0.3, -0.25) is 9.59 Å². The van der Waals surface area contributed by atoms with Gasteiger partial charge in [-0.2, -0.15) is 0 Å². The van der Waals surface area contributed by atoms with Gasteiger partial charge in [0, 0.05) is 13.3 Å². The molecule has 0 aromatic heterocycles. The Kier molecular flexibility index (Phi) is 4.88. The Bertz CT molecular complexity index is 383. The molecule has 2 aliphatic carbocycles. The molecule has 3 nitrogen and oxygen atoms in total. The Morgan fingerprint density at radius 1 is 1.33 bits per heavy atom. The zero-order valence-electron chi connectivity index (χ0n) is 11.7. The van der Waals surface area contributed by atoms with Crippen LogP contribution in [0.4, 0.5) is 0 Å². The average molecular weight is 250 g/mol. The minimum Gasteiger partial charge on any atom is -0.460 e. The molecular formula is C15H22O3. The summed E-state index contributed by atoms with van der Waals surface area (Å²) in [4.78, 5) is 21.1. The molecule has 2 rings (SSSR count). The first-order valence-electron chi connectivity index (χ1n) is 6.36. The highest BCUT2D eigenvalue weighted by Crippen LogP contribution is 2.32. The van der Waals surface area contributed by atoms with Crippen LogP contribution in [0.3, 0.4) is 0 Å². The number of esters is 1. The molecule has 0 fully saturated rings. The van der Waals surface area contributed by atoms with Gasteiger partial charge in [0.05, 0.1) is 0 Å². The quantitative estimate of drug-likeness (QED) is 0.490. The van der Waals surface area contributed by atoms with Crippen molar-refractivity contribution in [3.8, 4) is 0 Å². The first-order valence-corrected chi connectivity index (χ1v) is 6.36. The van der Waals surface area contributed by atoms with Gasteiger partial charge in [0.15, 0.2) is 5.78 Å². The van der Waals surface area contributed by atoms with Crippen LogP contribution in [-0.4, -0.2) is 17.4 Å². The molecular weight excluding hydrogens is 228 g/mol. The predicted molar refractivity (Wildman–Crippen MR) is 71.1 cm³/mol. The van der Waals surface area contributed by atoms with Crippen LogP contribution < -0.4 is 0 Å². The number of ether oxygens (including phenoxy) is 1. The zero-order valence-corrected chi connectivity index (χ0v) is 11.7. The van der Waals surface area contributed by atoms with E-state index in [4.69, 9.17) is 4.74 Å². The molecule has 0 saturated carbocycles. The minimum absolute atomic E-state index is 0.225. The van der Waals surface area contributed by atoms with E-state index in [2.05, 4.69) is 12.2 Å². The summed E-state index contributed by atoms with van der Waals surface area (Å²) >= 11 is 0. The molecule has 0 amide bonds. The van der Waals surface area contributed by atoms with Crippen molar-refractivity contribution >= 4 is 11.8 Å². The molecule has 0 bridgehead atoms. The second-order valence-electron chi connectivity index (χ2n) is 5.70. The predicted octanol–water partition coefficient (Wildman–Crippen LogP) is 3.20. The first-order chi connectivity index (χ1) is 8.28. The van der Waals surface area contributed by atoms with Crippen molar-refractivity contribution in [3.05, 3.63) is 23.8 Å². The average Bonchev–Trinajstić information content (AvgIpc) is 2.54. The second kappa shape index (κ2) is 5.98. The number of ketones is 1. The van der Waals surface area contributed by atoms with Crippen LogP contribution in [0.5, 0.6) is 0 Å². The van der Waals surface area contributed by atoms with Crippen molar-refractivity contribution in [2.75, 3.05) is 0 Å². The second-order valence-corrected chi connectivity index (χ2v) is 5.70. The first kappa shape index (κ1) is 14.7. The Balaban J connectivity index is 0.000000187. The van der Waals surface area contributed by atoms with Gasteiger partial charge in [-0.15, -0.1) is 0 Å². The molecule has 0 heterocycles. The molecule has 2 aliphatic rings. The molecule has 0 saturated heterocycles. The van der Waals surface area contributed by atoms with Crippen LogP contribution in [0.1, 0.15) is 47.0 Å². The van der Waals surface area contributed by atoms with Crippen LogP contribution in [0.2, 0.25) is 0 Å². The van der Waals surface area contributed by atoms with Gasteiger partial charge >= 0.3 is 5.97 Å². The lowest BCUT2D eigenvalue weighted by Crippen LogP contribution is -2.21. The SMILES string of the molecule is CC(=O)OC(C)(C)C.O=C1C=C2CC=CCC2C1. The van der Waals surface area contributed by atoms with E-state index in [1.165, 1.54) is 12.5 Å². The summed E-state index contributed by atoms with van der Waals surface area (Å²) in [6.45, 7) is 6.93. The lowest BCUT2D eigenvalue weighted by Gasteiger charge is -2.17. The summed E-state index contributed by atoms with van der Waals surface area (Å²) in [6, 6.07) is 0. The Morgan fingerprint density at radius 2 is 2.00 bits per heavy atom. The Morgan fingerprint density at radius 3 is 2.44 bits per heavy atom. The maximum Gasteiger partial charge on any atom is 0.303 e. The smallest absolute Gasteiger partial charge is 0.303 e. The topological polar surface area (TPSA) is 43.4 Å². The van der Waals surface area contributed by atoms with E-state index in [9.17, 15) is 9.59 Å². The molecule has 0 spiro atoms. The molecule has 0 radical (unpaired) electrons.